The molecule has 2 aromatic carbocycles. The van der Waals surface area contributed by atoms with Gasteiger partial charge in [0, 0.05) is 36.4 Å². The van der Waals surface area contributed by atoms with Gasteiger partial charge in [0.05, 0.1) is 13.0 Å². The first kappa shape index (κ1) is 102. The Morgan fingerprint density at radius 3 is 1.16 bits per heavy atom. The summed E-state index contributed by atoms with van der Waals surface area (Å²) >= 11 is 1.60. The first-order valence-corrected chi connectivity index (χ1v) is 30.5. The van der Waals surface area contributed by atoms with Gasteiger partial charge >= 0.3 is 65.7 Å². The van der Waals surface area contributed by atoms with E-state index in [0.717, 1.165) is 47.0 Å². The molecule has 0 bridgehead atoms. The number of hydrogen-bond acceptors (Lipinski definition) is 25. The lowest BCUT2D eigenvalue weighted by molar-refractivity contribution is -0.141. The van der Waals surface area contributed by atoms with Gasteiger partial charge in [-0.15, -0.1) is 0 Å². The van der Waals surface area contributed by atoms with Crippen molar-refractivity contribution in [1.29, 1.82) is 0 Å². The highest BCUT2D eigenvalue weighted by Crippen LogP contribution is 2.18. The number of thioether (sulfide) groups is 1. The van der Waals surface area contributed by atoms with Gasteiger partial charge in [0.15, 0.2) is 0 Å². The van der Waals surface area contributed by atoms with Crippen molar-refractivity contribution in [2.24, 2.45) is 86.4 Å². The molecular weight excluding hydrogens is 1310 g/mol. The highest BCUT2D eigenvalue weighted by Gasteiger charge is 2.19. The van der Waals surface area contributed by atoms with Crippen LogP contribution in [0.3, 0.4) is 0 Å². The number of aromatic amines is 1. The molecule has 0 spiro atoms. The number of carbonyl (C=O) groups is 13. The van der Waals surface area contributed by atoms with Gasteiger partial charge in [0.1, 0.15) is 54.4 Å². The number of nitrogens with one attached hydrogen (secondary N) is 1. The topological polar surface area (TPSA) is 798 Å². The van der Waals surface area contributed by atoms with Crippen molar-refractivity contribution < 1.29 is 119 Å². The normalized spacial score (nSPS) is 12.9. The van der Waals surface area contributed by atoms with Crippen LogP contribution in [0.15, 0.2) is 60.8 Å². The van der Waals surface area contributed by atoms with E-state index in [-0.39, 0.29) is 50.5 Å². The summed E-state index contributed by atoms with van der Waals surface area (Å²) in [6.45, 7) is 7.64. The maximum absolute atomic E-state index is 10.6. The Hall–Kier alpha value is -9.00. The second-order valence-corrected chi connectivity index (χ2v) is 21.5. The van der Waals surface area contributed by atoms with E-state index in [1.807, 2.05) is 80.9 Å². The quantitative estimate of drug-likeness (QED) is 0.0280. The molecule has 2 amide bonds. The monoisotopic (exact) mass is 1410 g/mol. The zero-order valence-corrected chi connectivity index (χ0v) is 55.7. The number of aliphatic carboxylic acids is 11. The van der Waals surface area contributed by atoms with Crippen molar-refractivity contribution in [2.45, 2.75) is 159 Å². The second kappa shape index (κ2) is 61.8. The van der Waals surface area contributed by atoms with E-state index in [4.69, 9.17) is 119 Å². The number of H-pyrrole nitrogens is 1. The lowest BCUT2D eigenvalue weighted by atomic mass is 10.0. The van der Waals surface area contributed by atoms with Crippen LogP contribution in [-0.2, 0) is 75.2 Å². The molecule has 0 aliphatic rings. The molecule has 0 saturated heterocycles. The third-order valence-electron chi connectivity index (χ3n) is 11.7. The highest BCUT2D eigenvalue weighted by molar-refractivity contribution is 7.98. The van der Waals surface area contributed by atoms with Gasteiger partial charge in [0.25, 0.3) is 0 Å². The molecule has 3 rings (SSSR count). The third kappa shape index (κ3) is 65.4. The number of aromatic nitrogens is 1. The van der Waals surface area contributed by atoms with Gasteiger partial charge in [0.2, 0.25) is 11.8 Å². The van der Waals surface area contributed by atoms with E-state index in [9.17, 15) is 62.3 Å². The average molecular weight is 1410 g/mol. The van der Waals surface area contributed by atoms with Crippen LogP contribution in [0, 0.1) is 11.8 Å². The zero-order valence-electron chi connectivity index (χ0n) is 54.9. The van der Waals surface area contributed by atoms with Crippen LogP contribution < -0.4 is 74.5 Å². The number of hydrogen-bond donors (Lipinski definition) is 25. The Balaban J connectivity index is -0.000000187. The molecule has 0 fully saturated rings. The van der Waals surface area contributed by atoms with Crippen LogP contribution in [0.1, 0.15) is 103 Å². The summed E-state index contributed by atoms with van der Waals surface area (Å²) in [5.74, 6) is -11.4. The fourth-order valence-corrected chi connectivity index (χ4v) is 5.98. The van der Waals surface area contributed by atoms with Crippen molar-refractivity contribution in [3.8, 4) is 0 Å². The van der Waals surface area contributed by atoms with E-state index in [2.05, 4.69) is 16.5 Å². The van der Waals surface area contributed by atoms with Gasteiger partial charge in [-0.1, -0.05) is 89.1 Å². The van der Waals surface area contributed by atoms with Crippen molar-refractivity contribution in [2.75, 3.05) is 25.1 Å². The van der Waals surface area contributed by atoms with Crippen molar-refractivity contribution in [1.82, 2.24) is 4.98 Å². The first-order chi connectivity index (χ1) is 44.8. The lowest BCUT2D eigenvalue weighted by Gasteiger charge is -2.11. The van der Waals surface area contributed by atoms with E-state index >= 15 is 0 Å². The molecule has 0 radical (unpaired) electrons. The molecule has 38 N–H and O–H groups in total. The fourth-order valence-electron chi connectivity index (χ4n) is 5.49. The lowest BCUT2D eigenvalue weighted by Crippen LogP contribution is -2.36. The molecule has 1 heterocycles. The number of carboxylic acid groups (broad SMARTS) is 11. The minimum Gasteiger partial charge on any atom is -0.481 e. The summed E-state index contributed by atoms with van der Waals surface area (Å²) in [4.78, 5) is 134. The van der Waals surface area contributed by atoms with Crippen molar-refractivity contribution in [3.63, 3.8) is 0 Å². The summed E-state index contributed by atoms with van der Waals surface area (Å²) in [7, 11) is 0. The Kier molecular flexibility index (Phi) is 64.7. The standard InChI is InChI=1S/C11H12N2O2.C9H11NO2.C6H14N2O2.C6H13NO2.C5H10N2O3.C5H9NO4.C5H11NO2S.C5H11NO2.C4H8N2O3.C2H5NO2/c12-9(11(14)15)5-7-6-13-10-4-2-1-3-8(7)10;10-8(9(11)12)6-7-4-2-1-3-5-7;7-4-2-1-3-5(8)6(9)10;1-3-4(2)5(7)6(8)9;2*6-3(5(9)10)1-2-4(7)8;1-9-3-2-4(6)5(7)8;1-3(2)4(6)5(7)8;5-2(4(8)9)1-3(6)7;3-1-2(4)5/h1-4,6,9,13H,5,12H2,(H,14,15);1-5,8H,6,10H2,(H,11,12);5H,1-4,7-8H2,(H,9,10);4-5H,3,7H2,1-2H3,(H,8,9);3H,1-2,6H2,(H2,7,8)(H,9,10);3H,1-2,6H2,(H,7,8)(H,9,10);4H,2-3,6H2,1H3,(H,7,8);3-4H,6H2,1-2H3,(H,7,8);2H,1,5H2,(H2,6,7)(H,8,9);1,3H2,(H,4,5)/t9-;8-;5-;4-,5-;2*3-;2*4-;2-;/m000000000./s1. The number of unbranched alkanes of at least 4 members (excludes halogenated alkanes) is 1. The number of carbonyl (C=O) groups excluding carboxylic acids is 2. The minimum absolute atomic E-state index is 0.0208. The number of primary amides is 2. The van der Waals surface area contributed by atoms with E-state index in [0.29, 0.717) is 32.2 Å². The number of benzene rings is 2. The second-order valence-electron chi connectivity index (χ2n) is 20.5. The SMILES string of the molecule is CC(C)[C@H](N)C(=O)O.CC[C@H](C)[C@H](N)C(=O)O.CSCC[C@H](N)C(=O)O.NC(=O)CC[C@H](N)C(=O)O.NC(=O)C[C@H](N)C(=O)O.NCC(=O)O.NCCCC[C@H](N)C(=O)O.N[C@@H](CCC(=O)O)C(=O)O.N[C@@H](Cc1c[nH]c2ccccc12)C(=O)O.N[C@@H](Cc1ccccc1)C(=O)O. The van der Waals surface area contributed by atoms with E-state index in [1.165, 1.54) is 0 Å². The summed E-state index contributed by atoms with van der Waals surface area (Å²) < 4.78 is 0. The van der Waals surface area contributed by atoms with Gasteiger partial charge in [-0.25, -0.2) is 0 Å². The maximum atomic E-state index is 10.6. The maximum Gasteiger partial charge on any atom is 0.321 e. The van der Waals surface area contributed by atoms with Crippen LogP contribution >= 0.6 is 11.8 Å². The van der Waals surface area contributed by atoms with Gasteiger partial charge < -0.3 is 136 Å². The van der Waals surface area contributed by atoms with Crippen LogP contribution in [0.2, 0.25) is 0 Å². The Morgan fingerprint density at radius 2 is 0.845 bits per heavy atom. The average Bonchev–Trinajstić information content (AvgIpc) is 1.70. The molecule has 38 nitrogen and oxygen atoms in total. The molecule has 556 valence electrons. The highest BCUT2D eigenvalue weighted by atomic mass is 32.2. The number of amides is 2. The molecule has 0 aliphatic carbocycles. The molecule has 1 aromatic heterocycles. The number of para-hydroxylation sites is 1. The summed E-state index contributed by atoms with van der Waals surface area (Å²) in [5, 5.41) is 91.6. The van der Waals surface area contributed by atoms with Crippen LogP contribution in [0.5, 0.6) is 0 Å². The van der Waals surface area contributed by atoms with E-state index < -0.39 is 132 Å². The largest absolute Gasteiger partial charge is 0.481 e. The molecule has 3 aromatic rings. The van der Waals surface area contributed by atoms with Crippen LogP contribution in [-0.4, -0.2) is 218 Å². The van der Waals surface area contributed by atoms with Crippen molar-refractivity contribution >= 4 is 100 Å². The summed E-state index contributed by atoms with van der Waals surface area (Å²) in [6, 6.07) is 9.44. The Morgan fingerprint density at radius 1 is 0.454 bits per heavy atom. The van der Waals surface area contributed by atoms with Gasteiger partial charge in [-0.2, -0.15) is 11.8 Å². The van der Waals surface area contributed by atoms with Crippen molar-refractivity contribution in [3.05, 3.63) is 71.9 Å². The number of nitrogens with two attached hydrogens (primary N) is 13. The fraction of sp³-hybridized carbons (Fsp3) is 0.534. The van der Waals surface area contributed by atoms with Crippen LogP contribution in [0.4, 0.5) is 0 Å². The molecular formula is C58H104N14O24S. The number of fused-ring (bicyclic) bond motifs is 1. The van der Waals surface area contributed by atoms with Gasteiger partial charge in [-0.3, -0.25) is 62.3 Å². The van der Waals surface area contributed by atoms with Crippen LogP contribution in [0.25, 0.3) is 10.9 Å². The smallest absolute Gasteiger partial charge is 0.321 e. The Bertz CT molecular complexity index is 2720. The minimum atomic E-state index is -1.21. The molecule has 0 aliphatic heterocycles. The molecule has 39 heteroatoms. The number of carboxylic acids is 11. The predicted molar refractivity (Wildman–Crippen MR) is 359 cm³/mol. The predicted octanol–water partition coefficient (Wildman–Crippen LogP) is -2.83. The summed E-state index contributed by atoms with van der Waals surface area (Å²) in [5.41, 5.74) is 68.7. The zero-order chi connectivity index (χ0) is 77.3. The van der Waals surface area contributed by atoms with Gasteiger partial charge in [-0.05, 0) is 86.1 Å². The molecule has 0 saturated carbocycles. The molecule has 97 heavy (non-hydrogen) atoms. The molecule has 0 unspecified atom stereocenters. The third-order valence-corrected chi connectivity index (χ3v) is 12.4. The van der Waals surface area contributed by atoms with E-state index in [1.54, 1.807) is 25.6 Å². The number of rotatable bonds is 32. The first-order valence-electron chi connectivity index (χ1n) is 29.1. The molecule has 10 atom stereocenters. The summed E-state index contributed by atoms with van der Waals surface area (Å²) in [6.07, 6.45) is 7.59. The Labute approximate surface area is 564 Å².